The molecule has 1 atom stereocenters. The molecule has 0 spiro atoms. The first kappa shape index (κ1) is 18.8. The molecule has 4 heteroatoms. The van der Waals surface area contributed by atoms with Crippen LogP contribution in [0.4, 0.5) is 0 Å². The largest absolute Gasteiger partial charge is 0.383 e. The van der Waals surface area contributed by atoms with Crippen molar-refractivity contribution in [3.05, 3.63) is 0 Å². The van der Waals surface area contributed by atoms with Crippen LogP contribution in [0.1, 0.15) is 40.5 Å². The molecule has 0 amide bonds. The normalized spacial score (nSPS) is 13.4. The van der Waals surface area contributed by atoms with Crippen LogP contribution in [0, 0.1) is 0 Å². The zero-order valence-corrected chi connectivity index (χ0v) is 13.6. The molecule has 116 valence electrons. The Bertz CT molecular complexity index is 189. The second-order valence-corrected chi connectivity index (χ2v) is 5.31. The highest BCUT2D eigenvalue weighted by molar-refractivity contribution is 4.67. The number of nitrogens with zero attached hydrogens (tertiary/aromatic N) is 1. The molecule has 0 aliphatic rings. The van der Waals surface area contributed by atoms with Gasteiger partial charge in [-0.2, -0.15) is 0 Å². The average molecular weight is 274 g/mol. The van der Waals surface area contributed by atoms with Gasteiger partial charge in [0, 0.05) is 39.4 Å². The van der Waals surface area contributed by atoms with Gasteiger partial charge in [0.25, 0.3) is 0 Å². The van der Waals surface area contributed by atoms with Crippen molar-refractivity contribution in [2.75, 3.05) is 46.5 Å². The lowest BCUT2D eigenvalue weighted by molar-refractivity contribution is 0.0767. The topological polar surface area (TPSA) is 33.7 Å². The summed E-state index contributed by atoms with van der Waals surface area (Å²) in [6.45, 7) is 14.5. The van der Waals surface area contributed by atoms with E-state index in [0.717, 1.165) is 45.8 Å². The fraction of sp³-hybridized carbons (Fsp3) is 1.00. The van der Waals surface area contributed by atoms with Crippen LogP contribution >= 0.6 is 0 Å². The summed E-state index contributed by atoms with van der Waals surface area (Å²) in [7, 11) is 1.77. The first-order valence-corrected chi connectivity index (χ1v) is 7.67. The van der Waals surface area contributed by atoms with E-state index in [1.165, 1.54) is 6.42 Å². The molecule has 4 nitrogen and oxygen atoms in total. The molecule has 0 aromatic heterocycles. The van der Waals surface area contributed by atoms with Crippen molar-refractivity contribution in [3.8, 4) is 0 Å². The molecule has 0 aromatic carbocycles. The quantitative estimate of drug-likeness (QED) is 0.522. The number of rotatable bonds is 13. The molecule has 1 N–H and O–H groups in total. The van der Waals surface area contributed by atoms with Gasteiger partial charge in [-0.3, -0.25) is 4.90 Å². The van der Waals surface area contributed by atoms with Gasteiger partial charge in [-0.15, -0.1) is 0 Å². The molecular weight excluding hydrogens is 240 g/mol. The smallest absolute Gasteiger partial charge is 0.0589 e. The van der Waals surface area contributed by atoms with E-state index >= 15 is 0 Å². The third-order valence-electron chi connectivity index (χ3n) is 3.32. The summed E-state index contributed by atoms with van der Waals surface area (Å²) >= 11 is 0. The van der Waals surface area contributed by atoms with Gasteiger partial charge in [0.05, 0.1) is 12.7 Å². The van der Waals surface area contributed by atoms with E-state index in [1.807, 2.05) is 0 Å². The van der Waals surface area contributed by atoms with Gasteiger partial charge >= 0.3 is 0 Å². The molecule has 0 bridgehead atoms. The maximum absolute atomic E-state index is 5.51. The Labute approximate surface area is 119 Å². The van der Waals surface area contributed by atoms with Crippen LogP contribution in [0.25, 0.3) is 0 Å². The average Bonchev–Trinajstić information content (AvgIpc) is 2.39. The van der Waals surface area contributed by atoms with E-state index in [2.05, 4.69) is 37.9 Å². The number of hydrogen-bond donors (Lipinski definition) is 1. The number of ether oxygens (including phenoxy) is 2. The van der Waals surface area contributed by atoms with Crippen LogP contribution in [-0.2, 0) is 9.47 Å². The Kier molecular flexibility index (Phi) is 12.7. The minimum atomic E-state index is 0.343. The Balaban J connectivity index is 3.57. The van der Waals surface area contributed by atoms with Crippen molar-refractivity contribution in [1.82, 2.24) is 10.2 Å². The van der Waals surface area contributed by atoms with Crippen molar-refractivity contribution in [3.63, 3.8) is 0 Å². The van der Waals surface area contributed by atoms with Gasteiger partial charge in [0.1, 0.15) is 0 Å². The second-order valence-electron chi connectivity index (χ2n) is 5.31. The Morgan fingerprint density at radius 1 is 1.05 bits per heavy atom. The van der Waals surface area contributed by atoms with Crippen molar-refractivity contribution in [2.45, 2.75) is 52.7 Å². The summed E-state index contributed by atoms with van der Waals surface area (Å²) in [6.07, 6.45) is 2.61. The number of hydrogen-bond acceptors (Lipinski definition) is 4. The van der Waals surface area contributed by atoms with Crippen LogP contribution in [0.5, 0.6) is 0 Å². The van der Waals surface area contributed by atoms with Crippen molar-refractivity contribution >= 4 is 0 Å². The molecule has 0 saturated carbocycles. The van der Waals surface area contributed by atoms with Crippen LogP contribution in [-0.4, -0.2) is 63.5 Å². The lowest BCUT2D eigenvalue weighted by Crippen LogP contribution is -2.40. The molecule has 0 aliphatic heterocycles. The standard InChI is InChI=1S/C15H34N2O2/c1-6-15(4)17(11-13-18-5)10-9-16-8-7-12-19-14(2)3/h14-16H,6-13H2,1-5H3. The molecule has 0 saturated heterocycles. The van der Waals surface area contributed by atoms with Crippen LogP contribution < -0.4 is 5.32 Å². The summed E-state index contributed by atoms with van der Waals surface area (Å²) in [5.74, 6) is 0. The SMILES string of the molecule is CCC(C)N(CCNCCCOC(C)C)CCOC. The number of methoxy groups -OCH3 is 1. The lowest BCUT2D eigenvalue weighted by atomic mass is 10.2. The fourth-order valence-electron chi connectivity index (χ4n) is 1.88. The van der Waals surface area contributed by atoms with E-state index in [0.29, 0.717) is 12.1 Å². The lowest BCUT2D eigenvalue weighted by Gasteiger charge is -2.28. The Morgan fingerprint density at radius 3 is 2.37 bits per heavy atom. The first-order chi connectivity index (χ1) is 9.11. The molecule has 0 heterocycles. The maximum Gasteiger partial charge on any atom is 0.0589 e. The van der Waals surface area contributed by atoms with E-state index < -0.39 is 0 Å². The summed E-state index contributed by atoms with van der Waals surface area (Å²) in [6, 6.07) is 0.626. The Hall–Kier alpha value is -0.160. The third-order valence-corrected chi connectivity index (χ3v) is 3.32. The summed E-state index contributed by atoms with van der Waals surface area (Å²) in [4.78, 5) is 2.49. The highest BCUT2D eigenvalue weighted by Crippen LogP contribution is 2.02. The molecule has 0 aliphatic carbocycles. The molecule has 1 unspecified atom stereocenters. The zero-order valence-electron chi connectivity index (χ0n) is 13.6. The first-order valence-electron chi connectivity index (χ1n) is 7.67. The third kappa shape index (κ3) is 11.4. The minimum absolute atomic E-state index is 0.343. The van der Waals surface area contributed by atoms with E-state index in [4.69, 9.17) is 9.47 Å². The van der Waals surface area contributed by atoms with Crippen molar-refractivity contribution in [1.29, 1.82) is 0 Å². The van der Waals surface area contributed by atoms with Gasteiger partial charge in [-0.05, 0) is 40.2 Å². The molecular formula is C15H34N2O2. The summed E-state index contributed by atoms with van der Waals surface area (Å²) < 4.78 is 10.7. The predicted molar refractivity (Wildman–Crippen MR) is 81.8 cm³/mol. The van der Waals surface area contributed by atoms with E-state index in [9.17, 15) is 0 Å². The van der Waals surface area contributed by atoms with E-state index in [1.54, 1.807) is 7.11 Å². The van der Waals surface area contributed by atoms with Crippen LogP contribution in [0.2, 0.25) is 0 Å². The van der Waals surface area contributed by atoms with Gasteiger partial charge in [-0.1, -0.05) is 6.92 Å². The van der Waals surface area contributed by atoms with Gasteiger partial charge in [-0.25, -0.2) is 0 Å². The molecule has 0 radical (unpaired) electrons. The second kappa shape index (κ2) is 12.9. The summed E-state index contributed by atoms with van der Waals surface area (Å²) in [5, 5.41) is 3.48. The summed E-state index contributed by atoms with van der Waals surface area (Å²) in [5.41, 5.74) is 0. The van der Waals surface area contributed by atoms with E-state index in [-0.39, 0.29) is 0 Å². The highest BCUT2D eigenvalue weighted by atomic mass is 16.5. The van der Waals surface area contributed by atoms with Crippen LogP contribution in [0.15, 0.2) is 0 Å². The molecule has 0 aromatic rings. The van der Waals surface area contributed by atoms with Gasteiger partial charge in [0.15, 0.2) is 0 Å². The molecule has 0 rings (SSSR count). The number of nitrogens with one attached hydrogen (secondary N) is 1. The minimum Gasteiger partial charge on any atom is -0.383 e. The van der Waals surface area contributed by atoms with Crippen molar-refractivity contribution < 1.29 is 9.47 Å². The van der Waals surface area contributed by atoms with Gasteiger partial charge < -0.3 is 14.8 Å². The van der Waals surface area contributed by atoms with Crippen LogP contribution in [0.3, 0.4) is 0 Å². The fourth-order valence-corrected chi connectivity index (χ4v) is 1.88. The zero-order chi connectivity index (χ0) is 14.5. The highest BCUT2D eigenvalue weighted by Gasteiger charge is 2.10. The predicted octanol–water partition coefficient (Wildman–Crippen LogP) is 2.14. The maximum atomic E-state index is 5.51. The monoisotopic (exact) mass is 274 g/mol. The molecule has 19 heavy (non-hydrogen) atoms. The van der Waals surface area contributed by atoms with Gasteiger partial charge in [0.2, 0.25) is 0 Å². The van der Waals surface area contributed by atoms with Crippen molar-refractivity contribution in [2.24, 2.45) is 0 Å². The Morgan fingerprint density at radius 2 is 1.79 bits per heavy atom. The molecule has 0 fully saturated rings.